The van der Waals surface area contributed by atoms with Crippen LogP contribution in [-0.2, 0) is 6.42 Å². The van der Waals surface area contributed by atoms with Crippen LogP contribution in [0.3, 0.4) is 0 Å². The molecule has 1 aromatic carbocycles. The second-order valence-corrected chi connectivity index (χ2v) is 5.24. The summed E-state index contributed by atoms with van der Waals surface area (Å²) in [4.78, 5) is 16.8. The highest BCUT2D eigenvalue weighted by Gasteiger charge is 2.08. The third kappa shape index (κ3) is 5.02. The molecule has 2 rings (SSSR count). The van der Waals surface area contributed by atoms with Crippen molar-refractivity contribution in [3.05, 3.63) is 59.7 Å². The summed E-state index contributed by atoms with van der Waals surface area (Å²) in [6, 6.07) is 11.5. The number of carbonyl (C=O) groups is 1. The Bertz CT molecular complexity index is 722. The number of carbonyl (C=O) groups excluding carboxylic acids is 1. The smallest absolute Gasteiger partial charge is 0.387 e. The number of pyridine rings is 1. The maximum Gasteiger partial charge on any atom is 0.387 e. The van der Waals surface area contributed by atoms with Gasteiger partial charge in [-0.05, 0) is 43.7 Å². The van der Waals surface area contributed by atoms with Crippen LogP contribution in [0.5, 0.6) is 5.75 Å². The molecule has 0 aliphatic carbocycles. The van der Waals surface area contributed by atoms with Gasteiger partial charge in [0, 0.05) is 12.2 Å². The fraction of sp³-hybridized carbons (Fsp3) is 0.294. The Morgan fingerprint density at radius 3 is 2.48 bits per heavy atom. The number of benzene rings is 1. The maximum absolute atomic E-state index is 12.4. The highest BCUT2D eigenvalue weighted by atomic mass is 19.3. The largest absolute Gasteiger partial charge is 0.435 e. The Hall–Kier alpha value is -2.50. The summed E-state index contributed by atoms with van der Waals surface area (Å²) in [7, 11) is 0. The van der Waals surface area contributed by atoms with Gasteiger partial charge in [-0.1, -0.05) is 18.2 Å². The molecule has 2 aromatic rings. The molecule has 0 aliphatic rings. The van der Waals surface area contributed by atoms with E-state index >= 15 is 0 Å². The number of hydrogen-bond acceptors (Lipinski definition) is 3. The Morgan fingerprint density at radius 2 is 1.87 bits per heavy atom. The van der Waals surface area contributed by atoms with E-state index in [1.165, 1.54) is 16.7 Å². The molecule has 0 radical (unpaired) electrons. The molecule has 0 fully saturated rings. The molecule has 1 aromatic heterocycles. The molecule has 23 heavy (non-hydrogen) atoms. The maximum atomic E-state index is 12.4. The van der Waals surface area contributed by atoms with Gasteiger partial charge in [-0.3, -0.25) is 14.4 Å². The molecule has 0 N–H and O–H groups in total. The van der Waals surface area contributed by atoms with Crippen LogP contribution in [0.4, 0.5) is 8.78 Å². The standard InChI is InChI=1S/C17H18F2N2O2/c1-12(2)20-15-5-3-4-10-21(15)16(22)11-13-6-8-14(9-7-13)23-17(18)19/h3-10,12,17H,11H2,1-2H3. The Balaban J connectivity index is 2.17. The molecule has 0 saturated carbocycles. The fourth-order valence-electron chi connectivity index (χ4n) is 2.06. The highest BCUT2D eigenvalue weighted by Crippen LogP contribution is 2.15. The topological polar surface area (TPSA) is 43.6 Å². The molecule has 0 spiro atoms. The lowest BCUT2D eigenvalue weighted by Crippen LogP contribution is -2.28. The van der Waals surface area contributed by atoms with E-state index in [2.05, 4.69) is 9.73 Å². The SMILES string of the molecule is CC(C)N=c1ccccn1C(=O)Cc1ccc(OC(F)F)cc1. The van der Waals surface area contributed by atoms with E-state index < -0.39 is 6.61 Å². The monoisotopic (exact) mass is 320 g/mol. The molecule has 6 heteroatoms. The number of rotatable bonds is 5. The Kier molecular flexibility index (Phi) is 5.62. The quantitative estimate of drug-likeness (QED) is 0.848. The van der Waals surface area contributed by atoms with Crippen LogP contribution in [0.25, 0.3) is 0 Å². The summed E-state index contributed by atoms with van der Waals surface area (Å²) < 4.78 is 30.0. The number of ether oxygens (including phenoxy) is 1. The average Bonchev–Trinajstić information content (AvgIpc) is 2.48. The predicted molar refractivity (Wildman–Crippen MR) is 82.5 cm³/mol. The van der Waals surface area contributed by atoms with Gasteiger partial charge < -0.3 is 4.74 Å². The first kappa shape index (κ1) is 16.9. The number of aromatic nitrogens is 1. The van der Waals surface area contributed by atoms with Crippen molar-refractivity contribution in [3.8, 4) is 5.75 Å². The second-order valence-electron chi connectivity index (χ2n) is 5.24. The predicted octanol–water partition coefficient (Wildman–Crippen LogP) is 3.28. The van der Waals surface area contributed by atoms with E-state index in [0.29, 0.717) is 11.1 Å². The number of hydrogen-bond donors (Lipinski definition) is 0. The van der Waals surface area contributed by atoms with E-state index in [-0.39, 0.29) is 24.1 Å². The van der Waals surface area contributed by atoms with Gasteiger partial charge in [-0.2, -0.15) is 8.78 Å². The van der Waals surface area contributed by atoms with Gasteiger partial charge in [0.2, 0.25) is 5.91 Å². The van der Waals surface area contributed by atoms with Gasteiger partial charge in [0.15, 0.2) is 0 Å². The summed E-state index contributed by atoms with van der Waals surface area (Å²) in [6.07, 6.45) is 1.81. The van der Waals surface area contributed by atoms with E-state index in [1.54, 1.807) is 30.5 Å². The third-order valence-electron chi connectivity index (χ3n) is 3.00. The molecule has 1 heterocycles. The average molecular weight is 320 g/mol. The molecule has 0 bridgehead atoms. The lowest BCUT2D eigenvalue weighted by molar-refractivity contribution is -0.0498. The van der Waals surface area contributed by atoms with Gasteiger partial charge in [0.1, 0.15) is 11.2 Å². The minimum absolute atomic E-state index is 0.0686. The zero-order chi connectivity index (χ0) is 16.8. The number of nitrogens with zero attached hydrogens (tertiary/aromatic N) is 2. The van der Waals surface area contributed by atoms with Crippen LogP contribution < -0.4 is 10.2 Å². The molecule has 0 aliphatic heterocycles. The van der Waals surface area contributed by atoms with Crippen LogP contribution in [0.1, 0.15) is 24.2 Å². The van der Waals surface area contributed by atoms with Gasteiger partial charge in [0.05, 0.1) is 6.42 Å². The van der Waals surface area contributed by atoms with Crippen molar-refractivity contribution in [1.29, 1.82) is 0 Å². The highest BCUT2D eigenvalue weighted by molar-refractivity contribution is 5.81. The van der Waals surface area contributed by atoms with E-state index in [9.17, 15) is 13.6 Å². The summed E-state index contributed by atoms with van der Waals surface area (Å²) >= 11 is 0. The van der Waals surface area contributed by atoms with Crippen molar-refractivity contribution in [3.63, 3.8) is 0 Å². The molecule has 4 nitrogen and oxygen atoms in total. The fourth-order valence-corrected chi connectivity index (χ4v) is 2.06. The van der Waals surface area contributed by atoms with Crippen LogP contribution in [0.2, 0.25) is 0 Å². The molecule has 0 atom stereocenters. The molecule has 0 unspecified atom stereocenters. The minimum atomic E-state index is -2.86. The first-order valence-corrected chi connectivity index (χ1v) is 7.24. The van der Waals surface area contributed by atoms with Crippen molar-refractivity contribution in [2.24, 2.45) is 4.99 Å². The molecule has 0 saturated heterocycles. The van der Waals surface area contributed by atoms with E-state index in [1.807, 2.05) is 19.9 Å². The van der Waals surface area contributed by atoms with Crippen LogP contribution >= 0.6 is 0 Å². The number of halogens is 2. The molecular formula is C17H18F2N2O2. The van der Waals surface area contributed by atoms with Gasteiger partial charge in [-0.25, -0.2) is 0 Å². The summed E-state index contributed by atoms with van der Waals surface area (Å²) in [6.45, 7) is 1.01. The first-order valence-electron chi connectivity index (χ1n) is 7.24. The lowest BCUT2D eigenvalue weighted by atomic mass is 10.1. The molecule has 0 amide bonds. The second kappa shape index (κ2) is 7.67. The summed E-state index contributed by atoms with van der Waals surface area (Å²) in [5.74, 6) is -0.0772. The van der Waals surface area contributed by atoms with Crippen LogP contribution in [0.15, 0.2) is 53.7 Å². The van der Waals surface area contributed by atoms with Crippen molar-refractivity contribution >= 4 is 5.91 Å². The summed E-state index contributed by atoms with van der Waals surface area (Å²) in [5.41, 5.74) is 1.30. The third-order valence-corrected chi connectivity index (χ3v) is 3.00. The summed E-state index contributed by atoms with van der Waals surface area (Å²) in [5, 5.41) is 0. The van der Waals surface area contributed by atoms with Crippen molar-refractivity contribution in [2.45, 2.75) is 32.9 Å². The number of alkyl halides is 2. The van der Waals surface area contributed by atoms with Gasteiger partial charge in [-0.15, -0.1) is 0 Å². The molecule has 122 valence electrons. The normalized spacial score (nSPS) is 12.0. The zero-order valence-corrected chi connectivity index (χ0v) is 12.9. The van der Waals surface area contributed by atoms with Crippen LogP contribution in [0, 0.1) is 0 Å². The first-order chi connectivity index (χ1) is 11.0. The Labute approximate surface area is 133 Å². The van der Waals surface area contributed by atoms with Crippen molar-refractivity contribution in [2.75, 3.05) is 0 Å². The zero-order valence-electron chi connectivity index (χ0n) is 12.9. The van der Waals surface area contributed by atoms with Crippen molar-refractivity contribution in [1.82, 2.24) is 4.57 Å². The van der Waals surface area contributed by atoms with E-state index in [4.69, 9.17) is 0 Å². The van der Waals surface area contributed by atoms with E-state index in [0.717, 1.165) is 0 Å². The van der Waals surface area contributed by atoms with Crippen LogP contribution in [-0.4, -0.2) is 23.1 Å². The Morgan fingerprint density at radius 1 is 1.17 bits per heavy atom. The van der Waals surface area contributed by atoms with Gasteiger partial charge in [0.25, 0.3) is 0 Å². The molecular weight excluding hydrogens is 302 g/mol. The lowest BCUT2D eigenvalue weighted by Gasteiger charge is -2.08. The minimum Gasteiger partial charge on any atom is -0.435 e. The van der Waals surface area contributed by atoms with Crippen molar-refractivity contribution < 1.29 is 18.3 Å². The van der Waals surface area contributed by atoms with Gasteiger partial charge >= 0.3 is 6.61 Å².